The van der Waals surface area contributed by atoms with Crippen molar-refractivity contribution in [2.24, 2.45) is 11.4 Å². The van der Waals surface area contributed by atoms with Crippen LogP contribution >= 0.6 is 0 Å². The quantitative estimate of drug-likeness (QED) is 0.395. The van der Waals surface area contributed by atoms with Gasteiger partial charge in [0.2, 0.25) is 0 Å². The molecule has 9 heteroatoms. The minimum atomic E-state index is -0.828. The Hall–Kier alpha value is -3.59. The molecule has 176 valence electrons. The fourth-order valence-corrected chi connectivity index (χ4v) is 4.75. The van der Waals surface area contributed by atoms with Crippen LogP contribution in [0.15, 0.2) is 64.0 Å². The first-order valence-electron chi connectivity index (χ1n) is 10.6. The van der Waals surface area contributed by atoms with E-state index >= 15 is 0 Å². The molecule has 4 rings (SSSR count). The van der Waals surface area contributed by atoms with Gasteiger partial charge in [0.25, 0.3) is 5.56 Å². The van der Waals surface area contributed by atoms with E-state index in [0.717, 1.165) is 17.7 Å². The highest BCUT2D eigenvalue weighted by Crippen LogP contribution is 2.38. The molecule has 0 fully saturated rings. The molecule has 0 radical (unpaired) electrons. The van der Waals surface area contributed by atoms with E-state index in [1.54, 1.807) is 37.6 Å². The number of fused-ring (bicyclic) bond motifs is 1. The molecule has 34 heavy (non-hydrogen) atoms. The van der Waals surface area contributed by atoms with E-state index in [1.807, 2.05) is 13.0 Å². The van der Waals surface area contributed by atoms with Crippen LogP contribution in [0.25, 0.3) is 22.0 Å². The smallest absolute Gasteiger partial charge is 0.274 e. The van der Waals surface area contributed by atoms with Crippen LogP contribution in [-0.4, -0.2) is 20.4 Å². The second-order valence-electron chi connectivity index (χ2n) is 7.66. The van der Waals surface area contributed by atoms with E-state index in [4.69, 9.17) is 4.74 Å². The maximum absolute atomic E-state index is 14.3. The number of carbonyl (C=O) groups excluding carboxylic acids is 1. The number of hydrogen-bond acceptors (Lipinski definition) is 4. The van der Waals surface area contributed by atoms with E-state index in [1.165, 1.54) is 17.6 Å². The summed E-state index contributed by atoms with van der Waals surface area (Å²) in [5, 5.41) is 0.709. The minimum Gasteiger partial charge on any atom is -0.454 e. The molecule has 0 amide bonds. The summed E-state index contributed by atoms with van der Waals surface area (Å²) >= 11 is 0. The van der Waals surface area contributed by atoms with Gasteiger partial charge in [-0.1, -0.05) is 13.0 Å². The number of benzene rings is 2. The van der Waals surface area contributed by atoms with Gasteiger partial charge in [0.15, 0.2) is 16.7 Å². The average molecular weight is 484 g/mol. The number of halogens is 2. The number of rotatable bonds is 6. The van der Waals surface area contributed by atoms with Crippen LogP contribution in [-0.2, 0) is 29.1 Å². The largest absolute Gasteiger partial charge is 0.454 e. The van der Waals surface area contributed by atoms with Crippen LogP contribution in [0, 0.1) is 11.6 Å². The van der Waals surface area contributed by atoms with Gasteiger partial charge in [0.05, 0.1) is 6.54 Å². The third-order valence-electron chi connectivity index (χ3n) is 5.35. The number of aryl methyl sites for hydroxylation is 1. The van der Waals surface area contributed by atoms with Crippen molar-refractivity contribution in [3.8, 4) is 22.6 Å². The zero-order chi connectivity index (χ0) is 24.4. The number of pyridine rings is 1. The zero-order valence-corrected chi connectivity index (χ0v) is 19.7. The number of H-pyrrole nitrogens is 1. The van der Waals surface area contributed by atoms with Gasteiger partial charge >= 0.3 is 0 Å². The molecule has 1 atom stereocenters. The Morgan fingerprint density at radius 2 is 1.88 bits per heavy atom. The van der Waals surface area contributed by atoms with E-state index in [9.17, 15) is 18.4 Å². The molecule has 2 aromatic heterocycles. The Labute approximate surface area is 197 Å². The molecule has 0 spiro atoms. The number of hydrogen-bond donors (Lipinski definition) is 1. The Balaban J connectivity index is 1.87. The fraction of sp³-hybridized carbons (Fsp3) is 0.200. The summed E-state index contributed by atoms with van der Waals surface area (Å²) in [6.07, 6.45) is 3.36. The summed E-state index contributed by atoms with van der Waals surface area (Å²) in [4.78, 5) is 27.3. The molecule has 6 nitrogen and oxygen atoms in total. The third kappa shape index (κ3) is 4.70. The van der Waals surface area contributed by atoms with Crippen LogP contribution < -0.4 is 10.3 Å². The SMILES string of the molecule is CCS(=NCc1ccc(Oc2ccc(F)cc2F)c(-c2cn(C)c(=O)c3[nH]ccc23)c1)C(C)=O. The molecule has 0 aliphatic carbocycles. The Bertz CT molecular complexity index is 1490. The van der Waals surface area contributed by atoms with Crippen LogP contribution in [0.5, 0.6) is 11.5 Å². The van der Waals surface area contributed by atoms with Gasteiger partial charge in [-0.25, -0.2) is 8.78 Å². The molecule has 2 aromatic carbocycles. The Morgan fingerprint density at radius 3 is 2.59 bits per heavy atom. The summed E-state index contributed by atoms with van der Waals surface area (Å²) in [6.45, 7) is 3.76. The summed E-state index contributed by atoms with van der Waals surface area (Å²) in [7, 11) is 0.964. The number of aromatic amines is 1. The lowest BCUT2D eigenvalue weighted by molar-refractivity contribution is -0.109. The summed E-state index contributed by atoms with van der Waals surface area (Å²) in [5.74, 6) is -0.690. The first kappa shape index (κ1) is 23.6. The Kier molecular flexibility index (Phi) is 6.74. The predicted molar refractivity (Wildman–Crippen MR) is 130 cm³/mol. The van der Waals surface area contributed by atoms with Crippen molar-refractivity contribution < 1.29 is 18.3 Å². The second-order valence-corrected chi connectivity index (χ2v) is 9.80. The van der Waals surface area contributed by atoms with Crippen LogP contribution in [0.4, 0.5) is 8.78 Å². The summed E-state index contributed by atoms with van der Waals surface area (Å²) < 4.78 is 39.6. The van der Waals surface area contributed by atoms with Gasteiger partial charge in [-0.05, 0) is 46.6 Å². The maximum Gasteiger partial charge on any atom is 0.274 e. The van der Waals surface area contributed by atoms with Crippen molar-refractivity contribution >= 4 is 26.7 Å². The van der Waals surface area contributed by atoms with Crippen molar-refractivity contribution in [3.05, 3.63) is 82.4 Å². The van der Waals surface area contributed by atoms with Crippen LogP contribution in [0.1, 0.15) is 19.4 Å². The number of carbonyl (C=O) groups is 1. The van der Waals surface area contributed by atoms with E-state index in [-0.39, 0.29) is 16.4 Å². The molecule has 1 unspecified atom stereocenters. The lowest BCUT2D eigenvalue weighted by Crippen LogP contribution is -2.16. The van der Waals surface area contributed by atoms with Gasteiger partial charge in [-0.15, -0.1) is 0 Å². The molecule has 0 aliphatic rings. The number of ether oxygens (including phenoxy) is 1. The predicted octanol–water partition coefficient (Wildman–Crippen LogP) is 5.47. The van der Waals surface area contributed by atoms with E-state index in [2.05, 4.69) is 9.35 Å². The first-order chi connectivity index (χ1) is 16.3. The standard InChI is InChI=1S/C25H23F2N3O3S/c1-4-34(15(2)31)29-13-16-5-7-22(33-23-8-6-17(26)12-21(23)27)19(11-16)20-14-30(3)25(32)24-18(20)9-10-28-24/h5-12,14,28H,4,13H2,1-3H3. The van der Waals surface area contributed by atoms with Crippen molar-refractivity contribution in [2.75, 3.05) is 5.75 Å². The highest BCUT2D eigenvalue weighted by atomic mass is 32.2. The Morgan fingerprint density at radius 1 is 1.12 bits per heavy atom. The molecule has 0 saturated heterocycles. The molecule has 0 bridgehead atoms. The lowest BCUT2D eigenvalue weighted by atomic mass is 10.0. The highest BCUT2D eigenvalue weighted by Gasteiger charge is 2.17. The monoisotopic (exact) mass is 483 g/mol. The van der Waals surface area contributed by atoms with Crippen molar-refractivity contribution in [1.82, 2.24) is 9.55 Å². The molecule has 0 saturated carbocycles. The molecule has 0 aliphatic heterocycles. The van der Waals surface area contributed by atoms with Crippen molar-refractivity contribution in [2.45, 2.75) is 20.4 Å². The van der Waals surface area contributed by atoms with Crippen molar-refractivity contribution in [1.29, 1.82) is 0 Å². The summed E-state index contributed by atoms with van der Waals surface area (Å²) in [6, 6.07) is 10.2. The number of aromatic nitrogens is 2. The van der Waals surface area contributed by atoms with Gasteiger partial charge < -0.3 is 14.3 Å². The third-order valence-corrected chi connectivity index (χ3v) is 7.00. The average Bonchev–Trinajstić information content (AvgIpc) is 3.29. The van der Waals surface area contributed by atoms with Crippen LogP contribution in [0.3, 0.4) is 0 Å². The van der Waals surface area contributed by atoms with Gasteiger partial charge in [0.1, 0.15) is 17.1 Å². The van der Waals surface area contributed by atoms with Gasteiger partial charge in [-0.3, -0.25) is 14.0 Å². The fourth-order valence-electron chi connectivity index (χ4n) is 3.67. The molecule has 1 N–H and O–H groups in total. The van der Waals surface area contributed by atoms with E-state index in [0.29, 0.717) is 40.1 Å². The molecular formula is C25H23F2N3O3S. The van der Waals surface area contributed by atoms with Gasteiger partial charge in [-0.2, -0.15) is 0 Å². The normalized spacial score (nSPS) is 12.3. The number of nitrogens with zero attached hydrogens (tertiary/aromatic N) is 2. The maximum atomic E-state index is 14.3. The molecule has 2 heterocycles. The lowest BCUT2D eigenvalue weighted by Gasteiger charge is -2.15. The number of nitrogens with one attached hydrogen (secondary N) is 1. The van der Waals surface area contributed by atoms with E-state index < -0.39 is 22.3 Å². The molecule has 4 aromatic rings. The molecular weight excluding hydrogens is 460 g/mol. The van der Waals surface area contributed by atoms with Crippen LogP contribution in [0.2, 0.25) is 0 Å². The van der Waals surface area contributed by atoms with Gasteiger partial charge in [0, 0.05) is 54.7 Å². The minimum absolute atomic E-state index is 0.0292. The highest BCUT2D eigenvalue weighted by molar-refractivity contribution is 8.02. The first-order valence-corrected chi connectivity index (χ1v) is 12.0. The van der Waals surface area contributed by atoms with Crippen molar-refractivity contribution in [3.63, 3.8) is 0 Å². The second kappa shape index (κ2) is 9.72. The topological polar surface area (TPSA) is 76.5 Å². The summed E-state index contributed by atoms with van der Waals surface area (Å²) in [5.41, 5.74) is 2.37. The zero-order valence-electron chi connectivity index (χ0n) is 18.9.